The van der Waals surface area contributed by atoms with Crippen molar-refractivity contribution in [1.29, 1.82) is 0 Å². The van der Waals surface area contributed by atoms with Crippen LogP contribution < -0.4 is 0 Å². The van der Waals surface area contributed by atoms with Crippen molar-refractivity contribution in [1.82, 2.24) is 0 Å². The molecule has 0 fully saturated rings. The van der Waals surface area contributed by atoms with Crippen LogP contribution in [-0.2, 0) is 0 Å². The number of halogens is 2. The van der Waals surface area contributed by atoms with Crippen LogP contribution in [0.3, 0.4) is 0 Å². The molecular formula is CF2O. The van der Waals surface area contributed by atoms with Crippen molar-refractivity contribution >= 4 is 6.29 Å². The molecule has 0 aromatic carbocycles. The molecule has 0 atom stereocenters. The highest BCUT2D eigenvalue weighted by Crippen LogP contribution is 1.70. The van der Waals surface area contributed by atoms with E-state index in [0.29, 0.717) is 0 Å². The van der Waals surface area contributed by atoms with Crippen LogP contribution in [0.15, 0.2) is 0 Å². The van der Waals surface area contributed by atoms with E-state index in [9.17, 15) is 8.78 Å². The summed E-state index contributed by atoms with van der Waals surface area (Å²) in [6.45, 7) is 0. The summed E-state index contributed by atoms with van der Waals surface area (Å²) in [6, 6.07) is 0. The first kappa shape index (κ1) is 3.53. The lowest BCUT2D eigenvalue weighted by Crippen LogP contribution is -1.54. The second-order valence-electron chi connectivity index (χ2n) is 0.226. The third-order valence-electron chi connectivity index (χ3n) is 0. The Balaban J connectivity index is 2.80. The Morgan fingerprint density at radius 1 is 1.50 bits per heavy atom. The van der Waals surface area contributed by atoms with E-state index in [1.54, 1.807) is 0 Å². The third kappa shape index (κ3) is 1.95. The Labute approximate surface area is 21.2 Å². The van der Waals surface area contributed by atoms with E-state index in [-0.39, 0.29) is 0 Å². The fourth-order valence-corrected chi connectivity index (χ4v) is 0. The highest BCUT2D eigenvalue weighted by atomic mass is 19.3. The molecule has 0 radical (unpaired) electrons. The van der Waals surface area contributed by atoms with Crippen LogP contribution in [0.1, 0.15) is 0 Å². The van der Waals surface area contributed by atoms with Gasteiger partial charge in [-0.25, -0.2) is 4.79 Å². The van der Waals surface area contributed by atoms with Crippen molar-refractivity contribution in [3.05, 3.63) is 0 Å². The van der Waals surface area contributed by atoms with Gasteiger partial charge >= 0.3 is 6.29 Å². The van der Waals surface area contributed by atoms with Gasteiger partial charge in [-0.2, -0.15) is 0 Å². The Bertz CT molecular complexity index is 29.0. The summed E-state index contributed by atoms with van der Waals surface area (Å²) in [4.78, 5) is 8.11. The summed E-state index contributed by atoms with van der Waals surface area (Å²) < 4.78 is 19.4. The van der Waals surface area contributed by atoms with Crippen molar-refractivity contribution in [2.75, 3.05) is 0 Å². The molecule has 0 aliphatic rings. The van der Waals surface area contributed by atoms with Gasteiger partial charge < -0.3 is 0 Å². The monoisotopic (exact) mass is 66.0 g/mol. The first-order valence-electron chi connectivity index (χ1n) is 0.582. The number of hydrogen-bond donors (Lipinski definition) is 0. The minimum atomic E-state index is -2.83. The number of hydrogen-bond acceptors (Lipinski definition) is 1. The molecule has 0 aliphatic heterocycles. The van der Waals surface area contributed by atoms with Gasteiger partial charge in [0.15, 0.2) is 0 Å². The van der Waals surface area contributed by atoms with E-state index in [1.807, 2.05) is 0 Å². The lowest BCUT2D eigenvalue weighted by atomic mass is 11.6. The van der Waals surface area contributed by atoms with Gasteiger partial charge in [-0.3, -0.25) is 0 Å². The average molecular weight is 66.0 g/mol. The lowest BCUT2D eigenvalue weighted by molar-refractivity contribution is 0.199. The molecule has 0 spiro atoms. The third-order valence-corrected chi connectivity index (χ3v) is 0. The zero-order valence-electron chi connectivity index (χ0n) is 1.66. The Hall–Kier alpha value is -0.470. The molecule has 4 heavy (non-hydrogen) atoms. The summed E-state index contributed by atoms with van der Waals surface area (Å²) in [5.74, 6) is 0. The smallest absolute Gasteiger partial charge is 0.219 e. The fraction of sp³-hybridized carbons (Fsp3) is 0. The van der Waals surface area contributed by atoms with Gasteiger partial charge in [-0.05, 0) is 0 Å². The normalized spacial score (nSPS) is 6.50. The molecule has 1 nitrogen and oxygen atoms in total. The van der Waals surface area contributed by atoms with E-state index in [1.165, 1.54) is 0 Å². The molecular weight excluding hydrogens is 66.0 g/mol. The SMILES string of the molecule is O=C(F)F. The molecule has 0 saturated heterocycles. The van der Waals surface area contributed by atoms with Crippen molar-refractivity contribution in [2.24, 2.45) is 0 Å². The number of carbonyl (C=O) groups is 1. The Morgan fingerprint density at radius 2 is 1.50 bits per heavy atom. The van der Waals surface area contributed by atoms with Gasteiger partial charge in [0.2, 0.25) is 0 Å². The molecule has 0 N–H and O–H groups in total. The van der Waals surface area contributed by atoms with Gasteiger partial charge in [0, 0.05) is 0 Å². The minimum absolute atomic E-state index is 2.83. The van der Waals surface area contributed by atoms with Crippen LogP contribution in [0, 0.1) is 0 Å². The van der Waals surface area contributed by atoms with Gasteiger partial charge in [-0.1, -0.05) is 0 Å². The first-order valence-corrected chi connectivity index (χ1v) is 0.582. The second kappa shape index (κ2) is 0.925. The molecule has 0 heterocycles. The average Bonchev–Trinajstić information content (AvgIpc) is 0.811. The summed E-state index contributed by atoms with van der Waals surface area (Å²) in [7, 11) is 0. The van der Waals surface area contributed by atoms with Gasteiger partial charge in [-0.15, -0.1) is 8.78 Å². The Kier molecular flexibility index (Phi) is 0.817. The molecule has 0 rings (SSSR count). The zero-order valence-corrected chi connectivity index (χ0v) is 1.66. The van der Waals surface area contributed by atoms with Gasteiger partial charge in [0.25, 0.3) is 0 Å². The van der Waals surface area contributed by atoms with E-state index < -0.39 is 6.29 Å². The summed E-state index contributed by atoms with van der Waals surface area (Å²) in [5, 5.41) is 0. The second-order valence-corrected chi connectivity index (χ2v) is 0.226. The minimum Gasteiger partial charge on any atom is -0.219 e. The molecule has 0 unspecified atom stereocenters. The maximum absolute atomic E-state index is 9.69. The predicted molar refractivity (Wildman–Crippen MR) is 7.61 cm³/mol. The molecule has 0 saturated carbocycles. The van der Waals surface area contributed by atoms with Crippen LogP contribution in [0.5, 0.6) is 0 Å². The Morgan fingerprint density at radius 3 is 1.50 bits per heavy atom. The van der Waals surface area contributed by atoms with E-state index in [4.69, 9.17) is 4.79 Å². The summed E-state index contributed by atoms with van der Waals surface area (Å²) in [6.07, 6.45) is -2.83. The summed E-state index contributed by atoms with van der Waals surface area (Å²) in [5.41, 5.74) is 0. The van der Waals surface area contributed by atoms with E-state index in [2.05, 4.69) is 0 Å². The quantitative estimate of drug-likeness (QED) is 0.386. The largest absolute Gasteiger partial charge is 0.483 e. The maximum atomic E-state index is 9.69. The van der Waals surface area contributed by atoms with Crippen LogP contribution in [-0.4, -0.2) is 6.29 Å². The zero-order chi connectivity index (χ0) is 3.58. The molecule has 0 bridgehead atoms. The lowest BCUT2D eigenvalue weighted by Gasteiger charge is -1.45. The summed E-state index contributed by atoms with van der Waals surface area (Å²) >= 11 is 0. The standard InChI is InChI=1S/CF2O/c2-1(3)4. The van der Waals surface area contributed by atoms with Crippen molar-refractivity contribution in [2.45, 2.75) is 0 Å². The highest BCUT2D eigenvalue weighted by molar-refractivity contribution is 5.55. The van der Waals surface area contributed by atoms with Crippen LogP contribution >= 0.6 is 0 Å². The predicted octanol–water partition coefficient (Wildman–Crippen LogP) is 1.05. The molecule has 0 aliphatic carbocycles. The van der Waals surface area contributed by atoms with E-state index >= 15 is 0 Å². The molecule has 24 valence electrons. The number of carbonyl (C=O) groups excluding carboxylic acids is 1. The van der Waals surface area contributed by atoms with Crippen molar-refractivity contribution in [3.63, 3.8) is 0 Å². The van der Waals surface area contributed by atoms with Crippen LogP contribution in [0.2, 0.25) is 0 Å². The van der Waals surface area contributed by atoms with E-state index in [0.717, 1.165) is 0 Å². The first-order chi connectivity index (χ1) is 1.73. The molecule has 0 amide bonds. The molecule has 0 aromatic heterocycles. The number of rotatable bonds is 0. The fourth-order valence-electron chi connectivity index (χ4n) is 0. The van der Waals surface area contributed by atoms with Crippen molar-refractivity contribution < 1.29 is 13.6 Å². The van der Waals surface area contributed by atoms with Crippen LogP contribution in [0.4, 0.5) is 13.6 Å². The highest BCUT2D eigenvalue weighted by Gasteiger charge is 1.78. The van der Waals surface area contributed by atoms with Gasteiger partial charge in [0.05, 0.1) is 0 Å². The van der Waals surface area contributed by atoms with Crippen LogP contribution in [0.25, 0.3) is 0 Å². The van der Waals surface area contributed by atoms with Gasteiger partial charge in [0.1, 0.15) is 0 Å². The van der Waals surface area contributed by atoms with Crippen molar-refractivity contribution in [3.8, 4) is 0 Å². The molecule has 3 heteroatoms. The molecule has 0 aromatic rings. The maximum Gasteiger partial charge on any atom is 0.483 e. The topological polar surface area (TPSA) is 17.1 Å².